The molecule has 0 radical (unpaired) electrons. The zero-order valence-corrected chi connectivity index (χ0v) is 15.7. The van der Waals surface area contributed by atoms with Crippen LogP contribution < -0.4 is 0 Å². The summed E-state index contributed by atoms with van der Waals surface area (Å²) in [7, 11) is 1.90. The molecule has 0 N–H and O–H groups in total. The SMILES string of the molecule is CCOC(=O)C1=C(C)N(C)C2=C(C(=O)c3ccccc32)[C@H]1c1ccccc1. The zero-order valence-electron chi connectivity index (χ0n) is 15.7. The highest BCUT2D eigenvalue weighted by Crippen LogP contribution is 2.49. The van der Waals surface area contributed by atoms with E-state index in [1.165, 1.54) is 0 Å². The first-order valence-electron chi connectivity index (χ1n) is 9.11. The first kappa shape index (κ1) is 17.3. The van der Waals surface area contributed by atoms with Crippen LogP contribution in [0.15, 0.2) is 71.4 Å². The lowest BCUT2D eigenvalue weighted by atomic mass is 9.79. The third kappa shape index (κ3) is 2.52. The second-order valence-electron chi connectivity index (χ2n) is 6.76. The van der Waals surface area contributed by atoms with Gasteiger partial charge >= 0.3 is 5.97 Å². The van der Waals surface area contributed by atoms with Gasteiger partial charge < -0.3 is 9.64 Å². The first-order valence-corrected chi connectivity index (χ1v) is 9.11. The fraction of sp³-hybridized carbons (Fsp3) is 0.217. The summed E-state index contributed by atoms with van der Waals surface area (Å²) in [6, 6.07) is 17.3. The molecule has 1 aliphatic heterocycles. The molecule has 0 aromatic heterocycles. The zero-order chi connectivity index (χ0) is 19.1. The summed E-state index contributed by atoms with van der Waals surface area (Å²) in [6.45, 7) is 4.00. The van der Waals surface area contributed by atoms with E-state index in [1.54, 1.807) is 6.92 Å². The molecule has 0 saturated heterocycles. The quantitative estimate of drug-likeness (QED) is 0.772. The molecule has 1 heterocycles. The molecule has 4 nitrogen and oxygen atoms in total. The Balaban J connectivity index is 1.98. The number of hydrogen-bond donors (Lipinski definition) is 0. The van der Waals surface area contributed by atoms with Crippen molar-refractivity contribution in [3.63, 3.8) is 0 Å². The molecule has 0 spiro atoms. The van der Waals surface area contributed by atoms with Crippen LogP contribution in [-0.4, -0.2) is 30.3 Å². The number of rotatable bonds is 3. The van der Waals surface area contributed by atoms with Crippen LogP contribution in [0.5, 0.6) is 0 Å². The summed E-state index contributed by atoms with van der Waals surface area (Å²) >= 11 is 0. The number of benzene rings is 2. The minimum absolute atomic E-state index is 0.0180. The van der Waals surface area contributed by atoms with Crippen LogP contribution in [0, 0.1) is 0 Å². The monoisotopic (exact) mass is 359 g/mol. The summed E-state index contributed by atoms with van der Waals surface area (Å²) in [5, 5.41) is 0. The highest BCUT2D eigenvalue weighted by Gasteiger charge is 2.44. The summed E-state index contributed by atoms with van der Waals surface area (Å²) in [6.07, 6.45) is 0. The van der Waals surface area contributed by atoms with Gasteiger partial charge in [0, 0.05) is 35.4 Å². The number of nitrogens with zero attached hydrogens (tertiary/aromatic N) is 1. The smallest absolute Gasteiger partial charge is 0.336 e. The van der Waals surface area contributed by atoms with Crippen molar-refractivity contribution in [2.75, 3.05) is 13.7 Å². The van der Waals surface area contributed by atoms with Crippen molar-refractivity contribution in [2.45, 2.75) is 19.8 Å². The molecule has 0 bridgehead atoms. The molecule has 1 aliphatic carbocycles. The molecule has 136 valence electrons. The van der Waals surface area contributed by atoms with Gasteiger partial charge in [-0.3, -0.25) is 4.79 Å². The minimum Gasteiger partial charge on any atom is -0.463 e. The first-order chi connectivity index (χ1) is 13.1. The number of allylic oxidation sites excluding steroid dienone is 2. The molecule has 4 heteroatoms. The number of ether oxygens (including phenoxy) is 1. The van der Waals surface area contributed by atoms with Crippen molar-refractivity contribution < 1.29 is 14.3 Å². The second kappa shape index (κ2) is 6.54. The van der Waals surface area contributed by atoms with Crippen LogP contribution in [0.1, 0.15) is 41.3 Å². The van der Waals surface area contributed by atoms with Gasteiger partial charge in [-0.1, -0.05) is 54.6 Å². The molecule has 4 rings (SSSR count). The van der Waals surface area contributed by atoms with Crippen molar-refractivity contribution in [1.29, 1.82) is 0 Å². The van der Waals surface area contributed by atoms with E-state index in [0.29, 0.717) is 23.3 Å². The van der Waals surface area contributed by atoms with Gasteiger partial charge in [-0.2, -0.15) is 0 Å². The number of carbonyl (C=O) groups excluding carboxylic acids is 2. The lowest BCUT2D eigenvalue weighted by Crippen LogP contribution is -2.30. The number of fused-ring (bicyclic) bond motifs is 2. The Labute approximate surface area is 158 Å². The Kier molecular flexibility index (Phi) is 4.19. The van der Waals surface area contributed by atoms with Crippen molar-refractivity contribution in [1.82, 2.24) is 4.90 Å². The minimum atomic E-state index is -0.434. The molecule has 0 unspecified atom stereocenters. The molecular weight excluding hydrogens is 338 g/mol. The predicted octanol–water partition coefficient (Wildman–Crippen LogP) is 4.16. The summed E-state index contributed by atoms with van der Waals surface area (Å²) in [5.74, 6) is -0.821. The number of esters is 1. The van der Waals surface area contributed by atoms with E-state index >= 15 is 0 Å². The molecule has 2 aromatic carbocycles. The van der Waals surface area contributed by atoms with Crippen LogP contribution in [-0.2, 0) is 9.53 Å². The highest BCUT2D eigenvalue weighted by atomic mass is 16.5. The maximum absolute atomic E-state index is 13.3. The molecular formula is C23H21NO3. The fourth-order valence-corrected chi connectivity index (χ4v) is 4.07. The van der Waals surface area contributed by atoms with Crippen LogP contribution in [0.2, 0.25) is 0 Å². The van der Waals surface area contributed by atoms with Gasteiger partial charge in [0.15, 0.2) is 5.78 Å². The Morgan fingerprint density at radius 3 is 2.33 bits per heavy atom. The van der Waals surface area contributed by atoms with Crippen molar-refractivity contribution in [3.8, 4) is 0 Å². The Morgan fingerprint density at radius 2 is 1.67 bits per heavy atom. The van der Waals surface area contributed by atoms with Gasteiger partial charge in [-0.15, -0.1) is 0 Å². The fourth-order valence-electron chi connectivity index (χ4n) is 4.07. The van der Waals surface area contributed by atoms with Gasteiger partial charge in [0.1, 0.15) is 0 Å². The standard InChI is InChI=1S/C23H21NO3/c1-4-27-23(26)18-14(2)24(3)21-16-12-8-9-13-17(16)22(25)20(21)19(18)15-10-6-5-7-11-15/h5-13,19H,4H2,1-3H3/t19-/m0/s1. The number of Topliss-reactive ketones (excluding diaryl/α,β-unsaturated/α-hetero) is 1. The van der Waals surface area contributed by atoms with E-state index in [4.69, 9.17) is 4.74 Å². The van der Waals surface area contributed by atoms with E-state index < -0.39 is 5.92 Å². The molecule has 0 amide bonds. The maximum Gasteiger partial charge on any atom is 0.336 e. The molecule has 0 saturated carbocycles. The van der Waals surface area contributed by atoms with Gasteiger partial charge in [0.05, 0.1) is 17.9 Å². The Hall–Kier alpha value is -3.14. The molecule has 2 aliphatic rings. The van der Waals surface area contributed by atoms with Crippen molar-refractivity contribution in [2.24, 2.45) is 0 Å². The van der Waals surface area contributed by atoms with E-state index in [-0.39, 0.29) is 11.8 Å². The largest absolute Gasteiger partial charge is 0.463 e. The second-order valence-corrected chi connectivity index (χ2v) is 6.76. The maximum atomic E-state index is 13.3. The number of carbonyl (C=O) groups is 2. The lowest BCUT2D eigenvalue weighted by Gasteiger charge is -2.35. The van der Waals surface area contributed by atoms with Crippen LogP contribution >= 0.6 is 0 Å². The van der Waals surface area contributed by atoms with Crippen LogP contribution in [0.25, 0.3) is 5.70 Å². The summed E-state index contributed by atoms with van der Waals surface area (Å²) < 4.78 is 5.36. The third-order valence-electron chi connectivity index (χ3n) is 5.36. The molecule has 27 heavy (non-hydrogen) atoms. The number of hydrogen-bond acceptors (Lipinski definition) is 4. The van der Waals surface area contributed by atoms with Crippen molar-refractivity contribution in [3.05, 3.63) is 88.1 Å². The van der Waals surface area contributed by atoms with E-state index in [0.717, 1.165) is 22.5 Å². The number of ketones is 1. The van der Waals surface area contributed by atoms with E-state index in [1.807, 2.05) is 73.5 Å². The topological polar surface area (TPSA) is 46.6 Å². The predicted molar refractivity (Wildman–Crippen MR) is 104 cm³/mol. The summed E-state index contributed by atoms with van der Waals surface area (Å²) in [5.41, 5.74) is 5.41. The molecule has 1 atom stereocenters. The molecule has 2 aromatic rings. The summed E-state index contributed by atoms with van der Waals surface area (Å²) in [4.78, 5) is 28.1. The highest BCUT2D eigenvalue weighted by molar-refractivity contribution is 6.23. The third-order valence-corrected chi connectivity index (χ3v) is 5.36. The van der Waals surface area contributed by atoms with Gasteiger partial charge in [0.25, 0.3) is 0 Å². The normalized spacial score (nSPS) is 18.6. The van der Waals surface area contributed by atoms with Gasteiger partial charge in [0.2, 0.25) is 0 Å². The van der Waals surface area contributed by atoms with Crippen molar-refractivity contribution >= 4 is 17.4 Å². The lowest BCUT2D eigenvalue weighted by molar-refractivity contribution is -0.138. The van der Waals surface area contributed by atoms with Crippen LogP contribution in [0.4, 0.5) is 0 Å². The Bertz CT molecular complexity index is 1000. The average molecular weight is 359 g/mol. The van der Waals surface area contributed by atoms with Gasteiger partial charge in [-0.25, -0.2) is 4.79 Å². The Morgan fingerprint density at radius 1 is 1.04 bits per heavy atom. The average Bonchev–Trinajstić information content (AvgIpc) is 2.98. The van der Waals surface area contributed by atoms with Crippen LogP contribution in [0.3, 0.4) is 0 Å². The van der Waals surface area contributed by atoms with E-state index in [2.05, 4.69) is 0 Å². The molecule has 0 fully saturated rings. The van der Waals surface area contributed by atoms with Gasteiger partial charge in [-0.05, 0) is 19.4 Å². The van der Waals surface area contributed by atoms with E-state index in [9.17, 15) is 9.59 Å².